The van der Waals surface area contributed by atoms with Crippen molar-refractivity contribution in [2.75, 3.05) is 19.8 Å². The van der Waals surface area contributed by atoms with Gasteiger partial charge in [-0.2, -0.15) is 0 Å². The van der Waals surface area contributed by atoms with Crippen molar-refractivity contribution in [3.8, 4) is 0 Å². The van der Waals surface area contributed by atoms with Crippen LogP contribution in [0.5, 0.6) is 0 Å². The summed E-state index contributed by atoms with van der Waals surface area (Å²) in [7, 11) is 0. The third-order valence-electron chi connectivity index (χ3n) is 0.776. The van der Waals surface area contributed by atoms with E-state index in [4.69, 9.17) is 15.3 Å². The molecule has 0 radical (unpaired) electrons. The van der Waals surface area contributed by atoms with Gasteiger partial charge in [0.25, 0.3) is 0 Å². The standard InChI is InChI=1S/C5H10O6/c6-1-2-10-4(3-7)11-5(8)9/h4,6-7H,1-3H2,(H,8,9). The van der Waals surface area contributed by atoms with E-state index >= 15 is 0 Å². The van der Waals surface area contributed by atoms with Gasteiger partial charge in [-0.15, -0.1) is 0 Å². The van der Waals surface area contributed by atoms with Crippen molar-refractivity contribution in [2.24, 2.45) is 0 Å². The Bertz CT molecular complexity index is 114. The van der Waals surface area contributed by atoms with Gasteiger partial charge in [-0.05, 0) is 0 Å². The van der Waals surface area contributed by atoms with E-state index in [1.165, 1.54) is 0 Å². The molecule has 0 rings (SSSR count). The van der Waals surface area contributed by atoms with Crippen molar-refractivity contribution in [2.45, 2.75) is 6.29 Å². The number of hydrogen-bond acceptors (Lipinski definition) is 5. The summed E-state index contributed by atoms with van der Waals surface area (Å²) in [5.74, 6) is 0. The predicted molar refractivity (Wildman–Crippen MR) is 33.0 cm³/mol. The first kappa shape index (κ1) is 10.2. The van der Waals surface area contributed by atoms with Crippen LogP contribution < -0.4 is 0 Å². The third kappa shape index (κ3) is 5.59. The fraction of sp³-hybridized carbons (Fsp3) is 0.800. The Balaban J connectivity index is 3.49. The summed E-state index contributed by atoms with van der Waals surface area (Å²) in [6.45, 7) is -0.885. The smallest absolute Gasteiger partial charge is 0.450 e. The molecule has 0 saturated carbocycles. The molecule has 0 aliphatic heterocycles. The Morgan fingerprint density at radius 3 is 2.45 bits per heavy atom. The minimum Gasteiger partial charge on any atom is -0.450 e. The quantitative estimate of drug-likeness (QED) is 0.358. The molecule has 0 bridgehead atoms. The minimum absolute atomic E-state index is 0.0709. The molecule has 6 nitrogen and oxygen atoms in total. The summed E-state index contributed by atoms with van der Waals surface area (Å²) in [5, 5.41) is 24.7. The van der Waals surface area contributed by atoms with Gasteiger partial charge in [-0.1, -0.05) is 0 Å². The second kappa shape index (κ2) is 5.90. The Labute approximate surface area is 63.0 Å². The molecule has 1 unspecified atom stereocenters. The fourth-order valence-corrected chi connectivity index (χ4v) is 0.421. The van der Waals surface area contributed by atoms with Gasteiger partial charge < -0.3 is 24.8 Å². The lowest BCUT2D eigenvalue weighted by Crippen LogP contribution is -2.25. The number of carboxylic acid groups (broad SMARTS) is 1. The van der Waals surface area contributed by atoms with Crippen LogP contribution in [0.2, 0.25) is 0 Å². The summed E-state index contributed by atoms with van der Waals surface area (Å²) in [6, 6.07) is 0. The maximum atomic E-state index is 9.86. The number of hydrogen-bond donors (Lipinski definition) is 3. The number of rotatable bonds is 5. The molecule has 0 amide bonds. The molecular weight excluding hydrogens is 156 g/mol. The van der Waals surface area contributed by atoms with Crippen LogP contribution in [0.1, 0.15) is 0 Å². The highest BCUT2D eigenvalue weighted by molar-refractivity contribution is 5.56. The van der Waals surface area contributed by atoms with E-state index in [2.05, 4.69) is 9.47 Å². The maximum Gasteiger partial charge on any atom is 0.508 e. The molecule has 0 heterocycles. The minimum atomic E-state index is -1.53. The number of carbonyl (C=O) groups is 1. The first-order chi connectivity index (χ1) is 5.20. The van der Waals surface area contributed by atoms with E-state index in [1.54, 1.807) is 0 Å². The summed E-state index contributed by atoms with van der Waals surface area (Å²) in [4.78, 5) is 9.86. The van der Waals surface area contributed by atoms with Crippen molar-refractivity contribution in [1.82, 2.24) is 0 Å². The van der Waals surface area contributed by atoms with Gasteiger partial charge in [0.2, 0.25) is 6.29 Å². The molecule has 0 aromatic carbocycles. The van der Waals surface area contributed by atoms with Crippen LogP contribution in [0.25, 0.3) is 0 Å². The van der Waals surface area contributed by atoms with Crippen LogP contribution in [0.3, 0.4) is 0 Å². The largest absolute Gasteiger partial charge is 0.508 e. The number of ether oxygens (including phenoxy) is 2. The molecule has 11 heavy (non-hydrogen) atoms. The predicted octanol–water partition coefficient (Wildman–Crippen LogP) is -0.992. The molecule has 0 aliphatic rings. The average molecular weight is 166 g/mol. The van der Waals surface area contributed by atoms with Gasteiger partial charge >= 0.3 is 6.16 Å². The lowest BCUT2D eigenvalue weighted by molar-refractivity contribution is -0.142. The zero-order valence-electron chi connectivity index (χ0n) is 5.77. The highest BCUT2D eigenvalue weighted by Crippen LogP contribution is 1.93. The molecule has 0 aromatic rings. The highest BCUT2D eigenvalue weighted by Gasteiger charge is 2.11. The van der Waals surface area contributed by atoms with E-state index in [9.17, 15) is 4.79 Å². The molecule has 0 saturated heterocycles. The van der Waals surface area contributed by atoms with Crippen LogP contribution in [0.15, 0.2) is 0 Å². The SMILES string of the molecule is O=C(O)OC(CO)OCCO. The molecule has 6 heteroatoms. The van der Waals surface area contributed by atoms with E-state index in [0.717, 1.165) is 0 Å². The van der Waals surface area contributed by atoms with E-state index in [1.807, 2.05) is 0 Å². The zero-order chi connectivity index (χ0) is 8.69. The van der Waals surface area contributed by atoms with Gasteiger partial charge in [0, 0.05) is 0 Å². The van der Waals surface area contributed by atoms with Crippen LogP contribution >= 0.6 is 0 Å². The molecule has 0 spiro atoms. The number of aliphatic hydroxyl groups excluding tert-OH is 2. The molecular formula is C5H10O6. The van der Waals surface area contributed by atoms with Crippen LogP contribution in [0, 0.1) is 0 Å². The molecule has 0 aliphatic carbocycles. The van der Waals surface area contributed by atoms with Crippen molar-refractivity contribution in [3.05, 3.63) is 0 Å². The Morgan fingerprint density at radius 1 is 1.45 bits per heavy atom. The third-order valence-corrected chi connectivity index (χ3v) is 0.776. The Hall–Kier alpha value is -0.850. The monoisotopic (exact) mass is 166 g/mol. The Kier molecular flexibility index (Phi) is 5.44. The summed E-state index contributed by atoms with van der Waals surface area (Å²) in [6.07, 6.45) is -2.73. The zero-order valence-corrected chi connectivity index (χ0v) is 5.77. The van der Waals surface area contributed by atoms with Gasteiger partial charge in [0.1, 0.15) is 6.61 Å². The van der Waals surface area contributed by atoms with Crippen molar-refractivity contribution < 1.29 is 29.6 Å². The van der Waals surface area contributed by atoms with Gasteiger partial charge in [0.15, 0.2) is 0 Å². The van der Waals surface area contributed by atoms with Crippen LogP contribution in [0.4, 0.5) is 4.79 Å². The lowest BCUT2D eigenvalue weighted by Gasteiger charge is -2.12. The van der Waals surface area contributed by atoms with E-state index in [-0.39, 0.29) is 13.2 Å². The van der Waals surface area contributed by atoms with Gasteiger partial charge in [0.05, 0.1) is 13.2 Å². The van der Waals surface area contributed by atoms with Gasteiger partial charge in [-0.25, -0.2) is 4.79 Å². The molecule has 1 atom stereocenters. The Morgan fingerprint density at radius 2 is 2.09 bits per heavy atom. The molecule has 66 valence electrons. The van der Waals surface area contributed by atoms with E-state index in [0.29, 0.717) is 0 Å². The number of aliphatic hydroxyl groups is 2. The summed E-state index contributed by atoms with van der Waals surface area (Å²) < 4.78 is 8.58. The van der Waals surface area contributed by atoms with Crippen LogP contribution in [-0.4, -0.2) is 47.6 Å². The second-order valence-electron chi connectivity index (χ2n) is 1.59. The highest BCUT2D eigenvalue weighted by atomic mass is 16.8. The fourth-order valence-electron chi connectivity index (χ4n) is 0.421. The molecule has 0 fully saturated rings. The second-order valence-corrected chi connectivity index (χ2v) is 1.59. The van der Waals surface area contributed by atoms with Crippen molar-refractivity contribution in [1.29, 1.82) is 0 Å². The molecule has 0 aromatic heterocycles. The summed E-state index contributed by atoms with van der Waals surface area (Å²) >= 11 is 0. The van der Waals surface area contributed by atoms with Crippen molar-refractivity contribution in [3.63, 3.8) is 0 Å². The van der Waals surface area contributed by atoms with E-state index < -0.39 is 19.1 Å². The van der Waals surface area contributed by atoms with Crippen LogP contribution in [-0.2, 0) is 9.47 Å². The first-order valence-corrected chi connectivity index (χ1v) is 2.93. The van der Waals surface area contributed by atoms with Gasteiger partial charge in [-0.3, -0.25) is 0 Å². The lowest BCUT2D eigenvalue weighted by atomic mass is 10.6. The summed E-state index contributed by atoms with van der Waals surface area (Å²) in [5.41, 5.74) is 0. The van der Waals surface area contributed by atoms with Crippen molar-refractivity contribution >= 4 is 6.16 Å². The molecule has 3 N–H and O–H groups in total. The average Bonchev–Trinajstić information content (AvgIpc) is 1.97. The first-order valence-electron chi connectivity index (χ1n) is 2.93. The normalized spacial score (nSPS) is 12.5. The topological polar surface area (TPSA) is 96.2 Å². The maximum absolute atomic E-state index is 9.86.